The van der Waals surface area contributed by atoms with Crippen LogP contribution in [0.5, 0.6) is 5.88 Å². The van der Waals surface area contributed by atoms with Gasteiger partial charge in [0.2, 0.25) is 5.88 Å². The van der Waals surface area contributed by atoms with Crippen molar-refractivity contribution in [3.63, 3.8) is 0 Å². The van der Waals surface area contributed by atoms with E-state index >= 15 is 0 Å². The molecule has 0 fully saturated rings. The third-order valence-corrected chi connectivity index (χ3v) is 2.29. The predicted molar refractivity (Wildman–Crippen MR) is 64.9 cm³/mol. The molecule has 1 heterocycles. The number of carbonyl (C=O) groups is 1. The zero-order valence-corrected chi connectivity index (χ0v) is 10.4. The van der Waals surface area contributed by atoms with Crippen molar-refractivity contribution in [1.29, 1.82) is 0 Å². The predicted octanol–water partition coefficient (Wildman–Crippen LogP) is 1.88. The maximum Gasteiger partial charge on any atom is 0.340 e. The molecule has 1 rings (SSSR count). The van der Waals surface area contributed by atoms with Gasteiger partial charge in [0.05, 0.1) is 19.3 Å². The molecule has 94 valence electrons. The number of hydrogen-bond donors (Lipinski definition) is 1. The molecule has 0 spiro atoms. The van der Waals surface area contributed by atoms with Crippen molar-refractivity contribution in [1.82, 2.24) is 4.98 Å². The second-order valence-electron chi connectivity index (χ2n) is 4.10. The molecule has 0 aliphatic carbocycles. The zero-order valence-electron chi connectivity index (χ0n) is 10.4. The lowest BCUT2D eigenvalue weighted by Gasteiger charge is -2.11. The van der Waals surface area contributed by atoms with Crippen LogP contribution >= 0.6 is 0 Å². The summed E-state index contributed by atoms with van der Waals surface area (Å²) in [5, 5.41) is 0. The van der Waals surface area contributed by atoms with E-state index in [4.69, 9.17) is 10.5 Å². The Morgan fingerprint density at radius 1 is 1.53 bits per heavy atom. The summed E-state index contributed by atoms with van der Waals surface area (Å²) in [7, 11) is 1.31. The molecule has 0 unspecified atom stereocenters. The molecule has 0 saturated heterocycles. The summed E-state index contributed by atoms with van der Waals surface area (Å²) >= 11 is 0. The highest BCUT2D eigenvalue weighted by molar-refractivity contribution is 5.95. The van der Waals surface area contributed by atoms with Crippen LogP contribution in [0.25, 0.3) is 0 Å². The van der Waals surface area contributed by atoms with Gasteiger partial charge in [-0.3, -0.25) is 0 Å². The van der Waals surface area contributed by atoms with E-state index in [9.17, 15) is 4.79 Å². The van der Waals surface area contributed by atoms with E-state index in [1.807, 2.05) is 0 Å². The monoisotopic (exact) mass is 238 g/mol. The summed E-state index contributed by atoms with van der Waals surface area (Å²) < 4.78 is 10.1. The lowest BCUT2D eigenvalue weighted by molar-refractivity contribution is 0.0601. The van der Waals surface area contributed by atoms with Gasteiger partial charge < -0.3 is 15.2 Å². The minimum absolute atomic E-state index is 0.225. The number of nitrogens with zero attached hydrogens (tertiary/aromatic N) is 1. The Kier molecular flexibility index (Phi) is 4.75. The maximum absolute atomic E-state index is 11.4. The van der Waals surface area contributed by atoms with Crippen LogP contribution in [0.3, 0.4) is 0 Å². The van der Waals surface area contributed by atoms with Crippen molar-refractivity contribution in [2.24, 2.45) is 5.92 Å². The fourth-order valence-corrected chi connectivity index (χ4v) is 1.25. The smallest absolute Gasteiger partial charge is 0.340 e. The van der Waals surface area contributed by atoms with Gasteiger partial charge in [-0.15, -0.1) is 0 Å². The molecule has 5 heteroatoms. The van der Waals surface area contributed by atoms with Crippen molar-refractivity contribution in [2.75, 3.05) is 19.5 Å². The van der Waals surface area contributed by atoms with Crippen LogP contribution in [0.4, 0.5) is 5.69 Å². The van der Waals surface area contributed by atoms with Crippen molar-refractivity contribution < 1.29 is 14.3 Å². The summed E-state index contributed by atoms with van der Waals surface area (Å²) in [6, 6.07) is 1.51. The van der Waals surface area contributed by atoms with Crippen molar-refractivity contribution in [2.45, 2.75) is 20.3 Å². The third-order valence-electron chi connectivity index (χ3n) is 2.29. The maximum atomic E-state index is 11.4. The molecule has 0 aliphatic rings. The van der Waals surface area contributed by atoms with Crippen molar-refractivity contribution >= 4 is 11.7 Å². The second kappa shape index (κ2) is 6.08. The molecule has 0 bridgehead atoms. The second-order valence-corrected chi connectivity index (χ2v) is 4.10. The minimum atomic E-state index is -0.487. The van der Waals surface area contributed by atoms with Gasteiger partial charge in [0, 0.05) is 6.20 Å². The van der Waals surface area contributed by atoms with Gasteiger partial charge in [-0.2, -0.15) is 0 Å². The Hall–Kier alpha value is -1.78. The molecule has 0 aromatic carbocycles. The molecule has 0 amide bonds. The summed E-state index contributed by atoms with van der Waals surface area (Å²) in [5.74, 6) is 0.340. The number of methoxy groups -OCH3 is 1. The van der Waals surface area contributed by atoms with E-state index in [1.54, 1.807) is 0 Å². The SMILES string of the molecule is COC(=O)c1ccnc(OCCC(C)C)c1N. The van der Waals surface area contributed by atoms with Gasteiger partial charge in [0.1, 0.15) is 5.69 Å². The summed E-state index contributed by atoms with van der Waals surface area (Å²) in [6.07, 6.45) is 2.39. The summed E-state index contributed by atoms with van der Waals surface area (Å²) in [5.41, 5.74) is 6.29. The van der Waals surface area contributed by atoms with Crippen LogP contribution in [-0.2, 0) is 4.74 Å². The molecule has 0 saturated carbocycles. The number of rotatable bonds is 5. The number of anilines is 1. The van der Waals surface area contributed by atoms with Crippen LogP contribution < -0.4 is 10.5 Å². The van der Waals surface area contributed by atoms with Gasteiger partial charge >= 0.3 is 5.97 Å². The van der Waals surface area contributed by atoms with Gasteiger partial charge in [0.25, 0.3) is 0 Å². The lowest BCUT2D eigenvalue weighted by atomic mass is 10.1. The first kappa shape index (κ1) is 13.3. The quantitative estimate of drug-likeness (QED) is 0.793. The normalized spacial score (nSPS) is 10.4. The standard InChI is InChI=1S/C12H18N2O3/c1-8(2)5-7-17-11-10(13)9(4-6-14-11)12(15)16-3/h4,6,8H,5,7,13H2,1-3H3. The van der Waals surface area contributed by atoms with Gasteiger partial charge in [-0.1, -0.05) is 13.8 Å². The highest BCUT2D eigenvalue weighted by Crippen LogP contribution is 2.23. The highest BCUT2D eigenvalue weighted by atomic mass is 16.5. The number of hydrogen-bond acceptors (Lipinski definition) is 5. The van der Waals surface area contributed by atoms with E-state index in [0.29, 0.717) is 12.5 Å². The van der Waals surface area contributed by atoms with E-state index in [2.05, 4.69) is 23.6 Å². The summed E-state index contributed by atoms with van der Waals surface area (Å²) in [6.45, 7) is 4.73. The fourth-order valence-electron chi connectivity index (χ4n) is 1.25. The molecule has 0 atom stereocenters. The molecule has 1 aromatic heterocycles. The molecule has 5 nitrogen and oxygen atoms in total. The first-order valence-corrected chi connectivity index (χ1v) is 5.51. The van der Waals surface area contributed by atoms with Crippen molar-refractivity contribution in [3.8, 4) is 5.88 Å². The van der Waals surface area contributed by atoms with Crippen LogP contribution in [-0.4, -0.2) is 24.7 Å². The molecular weight excluding hydrogens is 220 g/mol. The Balaban J connectivity index is 2.76. The third kappa shape index (κ3) is 3.62. The van der Waals surface area contributed by atoms with E-state index in [1.165, 1.54) is 19.4 Å². The van der Waals surface area contributed by atoms with Gasteiger partial charge in [0.15, 0.2) is 0 Å². The van der Waals surface area contributed by atoms with Crippen LogP contribution in [0, 0.1) is 5.92 Å². The van der Waals surface area contributed by atoms with Crippen LogP contribution in [0.1, 0.15) is 30.6 Å². The molecule has 2 N–H and O–H groups in total. The Morgan fingerprint density at radius 3 is 2.82 bits per heavy atom. The average Bonchev–Trinajstić information content (AvgIpc) is 2.30. The topological polar surface area (TPSA) is 74.4 Å². The Labute approximate surface area is 101 Å². The largest absolute Gasteiger partial charge is 0.476 e. The van der Waals surface area contributed by atoms with Crippen LogP contribution in [0.15, 0.2) is 12.3 Å². The number of ether oxygens (including phenoxy) is 2. The fraction of sp³-hybridized carbons (Fsp3) is 0.500. The van der Waals surface area contributed by atoms with E-state index < -0.39 is 5.97 Å². The number of carbonyl (C=O) groups excluding carboxylic acids is 1. The molecule has 0 aliphatic heterocycles. The number of nitrogen functional groups attached to an aromatic ring is 1. The highest BCUT2D eigenvalue weighted by Gasteiger charge is 2.14. The average molecular weight is 238 g/mol. The number of nitrogens with two attached hydrogens (primary N) is 1. The summed E-state index contributed by atoms with van der Waals surface area (Å²) in [4.78, 5) is 15.4. The van der Waals surface area contributed by atoms with Gasteiger partial charge in [-0.05, 0) is 18.4 Å². The van der Waals surface area contributed by atoms with E-state index in [-0.39, 0.29) is 17.1 Å². The number of esters is 1. The number of pyridine rings is 1. The van der Waals surface area contributed by atoms with Crippen LogP contribution in [0.2, 0.25) is 0 Å². The zero-order chi connectivity index (χ0) is 12.8. The van der Waals surface area contributed by atoms with Gasteiger partial charge in [-0.25, -0.2) is 9.78 Å². The Morgan fingerprint density at radius 2 is 2.24 bits per heavy atom. The van der Waals surface area contributed by atoms with Crippen molar-refractivity contribution in [3.05, 3.63) is 17.8 Å². The lowest BCUT2D eigenvalue weighted by Crippen LogP contribution is -2.10. The first-order valence-electron chi connectivity index (χ1n) is 5.51. The number of aromatic nitrogens is 1. The minimum Gasteiger partial charge on any atom is -0.476 e. The van der Waals surface area contributed by atoms with E-state index in [0.717, 1.165) is 6.42 Å². The first-order chi connectivity index (χ1) is 8.06. The molecular formula is C12H18N2O3. The molecule has 0 radical (unpaired) electrons. The Bertz CT molecular complexity index is 391. The molecule has 17 heavy (non-hydrogen) atoms. The molecule has 1 aromatic rings.